The summed E-state index contributed by atoms with van der Waals surface area (Å²) in [6.45, 7) is 5.91. The van der Waals surface area contributed by atoms with Crippen LogP contribution in [0.4, 0.5) is 0 Å². The van der Waals surface area contributed by atoms with Crippen molar-refractivity contribution in [3.8, 4) is 0 Å². The molecule has 0 unspecified atom stereocenters. The Kier molecular flexibility index (Phi) is 3.66. The number of piperidine rings is 1. The van der Waals surface area contributed by atoms with Crippen LogP contribution in [0.2, 0.25) is 5.02 Å². The van der Waals surface area contributed by atoms with Gasteiger partial charge in [0, 0.05) is 5.02 Å². The van der Waals surface area contributed by atoms with Gasteiger partial charge in [0.1, 0.15) is 0 Å². The van der Waals surface area contributed by atoms with Gasteiger partial charge in [-0.1, -0.05) is 30.7 Å². The van der Waals surface area contributed by atoms with E-state index in [1.54, 1.807) is 0 Å². The summed E-state index contributed by atoms with van der Waals surface area (Å²) in [6, 6.07) is 8.36. The zero-order valence-corrected chi connectivity index (χ0v) is 10.0. The lowest BCUT2D eigenvalue weighted by atomic mass is 9.89. The molecule has 0 bridgehead atoms. The number of benzene rings is 1. The molecule has 1 aromatic rings. The summed E-state index contributed by atoms with van der Waals surface area (Å²) >= 11 is 5.89. The van der Waals surface area contributed by atoms with Gasteiger partial charge in [0.25, 0.3) is 0 Å². The van der Waals surface area contributed by atoms with Gasteiger partial charge in [0.15, 0.2) is 0 Å². The summed E-state index contributed by atoms with van der Waals surface area (Å²) in [5.41, 5.74) is 1.45. The second kappa shape index (κ2) is 5.00. The molecule has 1 saturated heterocycles. The summed E-state index contributed by atoms with van der Waals surface area (Å²) in [4.78, 5) is 2.52. The van der Waals surface area contributed by atoms with Gasteiger partial charge in [0.05, 0.1) is 0 Å². The molecular weight excluding hydrogens is 206 g/mol. The van der Waals surface area contributed by atoms with Crippen LogP contribution in [0.5, 0.6) is 0 Å². The quantitative estimate of drug-likeness (QED) is 0.742. The maximum atomic E-state index is 5.89. The fourth-order valence-corrected chi connectivity index (χ4v) is 2.44. The molecule has 0 N–H and O–H groups in total. The van der Waals surface area contributed by atoms with Crippen LogP contribution < -0.4 is 0 Å². The Morgan fingerprint density at radius 2 is 1.80 bits per heavy atom. The summed E-state index contributed by atoms with van der Waals surface area (Å²) in [5, 5.41) is 0.838. The second-order valence-corrected chi connectivity index (χ2v) is 4.70. The Bertz CT molecular complexity index is 299. The topological polar surface area (TPSA) is 3.24 Å². The fourth-order valence-electron chi connectivity index (χ4n) is 2.32. The molecule has 1 aliphatic heterocycles. The standard InChI is InChI=1S/C13H18ClN/c1-2-15-9-7-12(8-10-15)11-3-5-13(14)6-4-11/h3-6,12H,2,7-10H2,1H3. The number of halogens is 1. The highest BCUT2D eigenvalue weighted by Gasteiger charge is 2.19. The number of nitrogens with zero attached hydrogens (tertiary/aromatic N) is 1. The maximum absolute atomic E-state index is 5.89. The minimum absolute atomic E-state index is 0.741. The average Bonchev–Trinajstić information content (AvgIpc) is 2.30. The molecule has 1 aliphatic rings. The molecule has 0 radical (unpaired) electrons. The third-order valence-corrected chi connectivity index (χ3v) is 3.63. The van der Waals surface area contributed by atoms with Crippen LogP contribution in [0.1, 0.15) is 31.2 Å². The Hall–Kier alpha value is -0.530. The van der Waals surface area contributed by atoms with E-state index < -0.39 is 0 Å². The van der Waals surface area contributed by atoms with E-state index in [9.17, 15) is 0 Å². The smallest absolute Gasteiger partial charge is 0.0406 e. The van der Waals surface area contributed by atoms with Crippen molar-refractivity contribution in [2.45, 2.75) is 25.7 Å². The highest BCUT2D eigenvalue weighted by molar-refractivity contribution is 6.30. The van der Waals surface area contributed by atoms with Crippen molar-refractivity contribution in [2.75, 3.05) is 19.6 Å². The van der Waals surface area contributed by atoms with Crippen molar-refractivity contribution < 1.29 is 0 Å². The molecule has 2 heteroatoms. The normalized spacial score (nSPS) is 19.3. The van der Waals surface area contributed by atoms with Gasteiger partial charge in [-0.2, -0.15) is 0 Å². The second-order valence-electron chi connectivity index (χ2n) is 4.26. The first-order valence-electron chi connectivity index (χ1n) is 5.77. The summed E-state index contributed by atoms with van der Waals surface area (Å²) < 4.78 is 0. The fraction of sp³-hybridized carbons (Fsp3) is 0.538. The molecule has 0 aliphatic carbocycles. The lowest BCUT2D eigenvalue weighted by molar-refractivity contribution is 0.222. The minimum Gasteiger partial charge on any atom is -0.304 e. The Morgan fingerprint density at radius 3 is 2.33 bits per heavy atom. The molecular formula is C13H18ClN. The first-order valence-corrected chi connectivity index (χ1v) is 6.15. The van der Waals surface area contributed by atoms with Gasteiger partial charge in [-0.25, -0.2) is 0 Å². The van der Waals surface area contributed by atoms with Crippen molar-refractivity contribution in [3.63, 3.8) is 0 Å². The maximum Gasteiger partial charge on any atom is 0.0406 e. The molecule has 82 valence electrons. The van der Waals surface area contributed by atoms with Crippen molar-refractivity contribution in [1.29, 1.82) is 0 Å². The van der Waals surface area contributed by atoms with Crippen molar-refractivity contribution in [3.05, 3.63) is 34.9 Å². The minimum atomic E-state index is 0.741. The summed E-state index contributed by atoms with van der Waals surface area (Å²) in [6.07, 6.45) is 2.57. The molecule has 0 saturated carbocycles. The molecule has 1 heterocycles. The monoisotopic (exact) mass is 223 g/mol. The third kappa shape index (κ3) is 2.73. The van der Waals surface area contributed by atoms with Crippen molar-refractivity contribution in [1.82, 2.24) is 4.90 Å². The van der Waals surface area contributed by atoms with Gasteiger partial charge in [-0.05, 0) is 56.1 Å². The van der Waals surface area contributed by atoms with Crippen molar-refractivity contribution >= 4 is 11.6 Å². The van der Waals surface area contributed by atoms with E-state index in [1.165, 1.54) is 38.0 Å². The van der Waals surface area contributed by atoms with E-state index in [2.05, 4.69) is 24.0 Å². The first kappa shape index (κ1) is 11.0. The van der Waals surface area contributed by atoms with Crippen LogP contribution in [0.25, 0.3) is 0 Å². The van der Waals surface area contributed by atoms with Gasteiger partial charge in [-0.3, -0.25) is 0 Å². The first-order chi connectivity index (χ1) is 7.29. The predicted octanol–water partition coefficient (Wildman–Crippen LogP) is 3.54. The van der Waals surface area contributed by atoms with Gasteiger partial charge in [0.2, 0.25) is 0 Å². The Labute approximate surface area is 97.0 Å². The van der Waals surface area contributed by atoms with E-state index in [-0.39, 0.29) is 0 Å². The molecule has 0 aromatic heterocycles. The van der Waals surface area contributed by atoms with E-state index in [0.717, 1.165) is 10.9 Å². The summed E-state index contributed by atoms with van der Waals surface area (Å²) in [5.74, 6) is 0.741. The zero-order chi connectivity index (χ0) is 10.7. The van der Waals surface area contributed by atoms with Crippen LogP contribution in [-0.2, 0) is 0 Å². The highest BCUT2D eigenvalue weighted by Crippen LogP contribution is 2.28. The Morgan fingerprint density at radius 1 is 1.20 bits per heavy atom. The molecule has 15 heavy (non-hydrogen) atoms. The van der Waals surface area contributed by atoms with E-state index in [4.69, 9.17) is 11.6 Å². The van der Waals surface area contributed by atoms with Gasteiger partial charge < -0.3 is 4.90 Å². The molecule has 1 aromatic carbocycles. The molecule has 0 spiro atoms. The number of hydrogen-bond acceptors (Lipinski definition) is 1. The van der Waals surface area contributed by atoms with E-state index in [0.29, 0.717) is 0 Å². The van der Waals surface area contributed by atoms with Crippen molar-refractivity contribution in [2.24, 2.45) is 0 Å². The van der Waals surface area contributed by atoms with E-state index in [1.807, 2.05) is 12.1 Å². The zero-order valence-electron chi connectivity index (χ0n) is 9.25. The lowest BCUT2D eigenvalue weighted by Gasteiger charge is -2.31. The van der Waals surface area contributed by atoms with Crippen LogP contribution in [0.15, 0.2) is 24.3 Å². The van der Waals surface area contributed by atoms with E-state index >= 15 is 0 Å². The third-order valence-electron chi connectivity index (χ3n) is 3.38. The number of likely N-dealkylation sites (tertiary alicyclic amines) is 1. The SMILES string of the molecule is CCN1CCC(c2ccc(Cl)cc2)CC1. The molecule has 1 nitrogen and oxygen atoms in total. The molecule has 0 amide bonds. The lowest BCUT2D eigenvalue weighted by Crippen LogP contribution is -2.32. The molecule has 0 atom stereocenters. The Balaban J connectivity index is 1.98. The van der Waals surface area contributed by atoms with Gasteiger partial charge >= 0.3 is 0 Å². The van der Waals surface area contributed by atoms with Crippen LogP contribution >= 0.6 is 11.6 Å². The largest absolute Gasteiger partial charge is 0.304 e. The van der Waals surface area contributed by atoms with Crippen LogP contribution in [0.3, 0.4) is 0 Å². The number of rotatable bonds is 2. The highest BCUT2D eigenvalue weighted by atomic mass is 35.5. The molecule has 1 fully saturated rings. The number of hydrogen-bond donors (Lipinski definition) is 0. The summed E-state index contributed by atoms with van der Waals surface area (Å²) in [7, 11) is 0. The molecule has 2 rings (SSSR count). The van der Waals surface area contributed by atoms with Gasteiger partial charge in [-0.15, -0.1) is 0 Å². The van der Waals surface area contributed by atoms with Crippen LogP contribution in [-0.4, -0.2) is 24.5 Å². The van der Waals surface area contributed by atoms with Crippen LogP contribution in [0, 0.1) is 0 Å². The average molecular weight is 224 g/mol. The predicted molar refractivity (Wildman–Crippen MR) is 65.5 cm³/mol.